The third kappa shape index (κ3) is 3.70. The van der Waals surface area contributed by atoms with Crippen LogP contribution in [0.4, 0.5) is 5.82 Å². The van der Waals surface area contributed by atoms with Crippen LogP contribution in [-0.4, -0.2) is 50.6 Å². The highest BCUT2D eigenvalue weighted by atomic mass is 16.5. The molecule has 1 aliphatic rings. The van der Waals surface area contributed by atoms with Gasteiger partial charge in [-0.25, -0.2) is 15.4 Å². The molecule has 156 valence electrons. The first-order valence-electron chi connectivity index (χ1n) is 9.63. The maximum Gasteiger partial charge on any atom is 0.270 e. The van der Waals surface area contributed by atoms with E-state index in [1.54, 1.807) is 35.8 Å². The van der Waals surface area contributed by atoms with Crippen molar-refractivity contribution in [3.63, 3.8) is 0 Å². The molecule has 2 aromatic heterocycles. The molecule has 1 fully saturated rings. The molecule has 3 aromatic rings. The molecule has 1 aliphatic heterocycles. The fourth-order valence-corrected chi connectivity index (χ4v) is 3.74. The number of hydroxylamine groups is 1. The van der Waals surface area contributed by atoms with Gasteiger partial charge in [0.2, 0.25) is 5.91 Å². The molecule has 0 spiro atoms. The normalized spacial score (nSPS) is 16.8. The zero-order chi connectivity index (χ0) is 21.1. The predicted octanol–water partition coefficient (Wildman–Crippen LogP) is 0.619. The number of benzene rings is 1. The molecular weight excluding hydrogens is 386 g/mol. The van der Waals surface area contributed by atoms with Crippen molar-refractivity contribution in [3.05, 3.63) is 54.5 Å². The largest absolute Gasteiger partial charge is 0.356 e. The molecule has 1 atom stereocenters. The van der Waals surface area contributed by atoms with Crippen molar-refractivity contribution < 1.29 is 14.8 Å². The van der Waals surface area contributed by atoms with Crippen molar-refractivity contribution in [1.82, 2.24) is 25.7 Å². The van der Waals surface area contributed by atoms with Gasteiger partial charge in [0.1, 0.15) is 23.8 Å². The van der Waals surface area contributed by atoms with Crippen LogP contribution in [0.15, 0.2) is 48.9 Å². The van der Waals surface area contributed by atoms with Gasteiger partial charge in [-0.15, -0.1) is 0 Å². The van der Waals surface area contributed by atoms with Crippen molar-refractivity contribution in [2.45, 2.75) is 24.4 Å². The van der Waals surface area contributed by atoms with Crippen LogP contribution in [0.2, 0.25) is 0 Å². The van der Waals surface area contributed by atoms with Crippen LogP contribution >= 0.6 is 0 Å². The summed E-state index contributed by atoms with van der Waals surface area (Å²) < 4.78 is 0. The maximum atomic E-state index is 13.0. The molecule has 1 saturated heterocycles. The number of aromatic amines is 1. The highest BCUT2D eigenvalue weighted by molar-refractivity contribution is 5.93. The van der Waals surface area contributed by atoms with Gasteiger partial charge in [-0.05, 0) is 24.5 Å². The summed E-state index contributed by atoms with van der Waals surface area (Å²) in [6, 6.07) is 9.57. The van der Waals surface area contributed by atoms with E-state index in [4.69, 9.17) is 10.9 Å². The van der Waals surface area contributed by atoms with E-state index < -0.39 is 23.4 Å². The lowest BCUT2D eigenvalue weighted by Gasteiger charge is -2.39. The number of fused-ring (bicyclic) bond motifs is 1. The third-order valence-electron chi connectivity index (χ3n) is 5.52. The van der Waals surface area contributed by atoms with Gasteiger partial charge in [0.15, 0.2) is 0 Å². The van der Waals surface area contributed by atoms with Crippen LogP contribution in [0.5, 0.6) is 0 Å². The Morgan fingerprint density at radius 3 is 2.60 bits per heavy atom. The minimum absolute atomic E-state index is 0.386. The molecule has 0 saturated carbocycles. The SMILES string of the molecule is NC1(C(=O)NC(C(=O)NO)c2ccccc2)CCN(c2ncnc3[nH]ccc23)CC1. The molecule has 1 aromatic carbocycles. The topological polar surface area (TPSA) is 149 Å². The second kappa shape index (κ2) is 8.09. The summed E-state index contributed by atoms with van der Waals surface area (Å²) in [5.41, 5.74) is 8.21. The summed E-state index contributed by atoms with van der Waals surface area (Å²) in [7, 11) is 0. The number of aromatic nitrogens is 3. The third-order valence-corrected chi connectivity index (χ3v) is 5.52. The second-order valence-electron chi connectivity index (χ2n) is 7.37. The lowest BCUT2D eigenvalue weighted by Crippen LogP contribution is -2.61. The smallest absolute Gasteiger partial charge is 0.270 e. The van der Waals surface area contributed by atoms with Crippen LogP contribution in [-0.2, 0) is 9.59 Å². The molecule has 10 heteroatoms. The van der Waals surface area contributed by atoms with Crippen molar-refractivity contribution in [2.75, 3.05) is 18.0 Å². The fraction of sp³-hybridized carbons (Fsp3) is 0.300. The fourth-order valence-electron chi connectivity index (χ4n) is 3.74. The van der Waals surface area contributed by atoms with Gasteiger partial charge >= 0.3 is 0 Å². The van der Waals surface area contributed by atoms with Gasteiger partial charge in [0.05, 0.1) is 10.9 Å². The van der Waals surface area contributed by atoms with Crippen LogP contribution in [0.3, 0.4) is 0 Å². The summed E-state index contributed by atoms with van der Waals surface area (Å²) in [6.45, 7) is 1.06. The van der Waals surface area contributed by atoms with E-state index in [0.29, 0.717) is 31.5 Å². The van der Waals surface area contributed by atoms with Crippen LogP contribution in [0.1, 0.15) is 24.4 Å². The van der Waals surface area contributed by atoms with E-state index in [1.165, 1.54) is 6.33 Å². The first-order chi connectivity index (χ1) is 14.5. The Morgan fingerprint density at radius 1 is 1.17 bits per heavy atom. The number of piperidine rings is 1. The number of rotatable bonds is 5. The number of hydrogen-bond donors (Lipinski definition) is 5. The van der Waals surface area contributed by atoms with Crippen molar-refractivity contribution in [3.8, 4) is 0 Å². The average molecular weight is 409 g/mol. The molecule has 4 rings (SSSR count). The van der Waals surface area contributed by atoms with Crippen LogP contribution in [0, 0.1) is 0 Å². The van der Waals surface area contributed by atoms with E-state index in [0.717, 1.165) is 16.9 Å². The number of nitrogens with zero attached hydrogens (tertiary/aromatic N) is 3. The Morgan fingerprint density at radius 2 is 1.90 bits per heavy atom. The van der Waals surface area contributed by atoms with Crippen molar-refractivity contribution >= 4 is 28.7 Å². The highest BCUT2D eigenvalue weighted by Gasteiger charge is 2.40. The Labute approximate surface area is 172 Å². The number of carbonyl (C=O) groups excluding carboxylic acids is 2. The van der Waals surface area contributed by atoms with E-state index in [2.05, 4.69) is 25.2 Å². The Kier molecular flexibility index (Phi) is 5.34. The maximum absolute atomic E-state index is 13.0. The summed E-state index contributed by atoms with van der Waals surface area (Å²) in [6.07, 6.45) is 4.08. The van der Waals surface area contributed by atoms with Gasteiger partial charge in [-0.1, -0.05) is 30.3 Å². The minimum Gasteiger partial charge on any atom is -0.356 e. The molecular formula is C20H23N7O3. The van der Waals surface area contributed by atoms with E-state index in [-0.39, 0.29) is 0 Å². The second-order valence-corrected chi connectivity index (χ2v) is 7.37. The van der Waals surface area contributed by atoms with Crippen molar-refractivity contribution in [2.24, 2.45) is 5.73 Å². The lowest BCUT2D eigenvalue weighted by molar-refractivity contribution is -0.136. The molecule has 10 nitrogen and oxygen atoms in total. The van der Waals surface area contributed by atoms with Crippen LogP contribution in [0.25, 0.3) is 11.0 Å². The number of nitrogens with one attached hydrogen (secondary N) is 3. The minimum atomic E-state index is -1.14. The monoisotopic (exact) mass is 409 g/mol. The summed E-state index contributed by atoms with van der Waals surface area (Å²) in [5, 5.41) is 12.7. The molecule has 0 radical (unpaired) electrons. The Hall–Kier alpha value is -3.50. The first-order valence-corrected chi connectivity index (χ1v) is 9.63. The Bertz CT molecular complexity index is 1040. The summed E-state index contributed by atoms with van der Waals surface area (Å²) >= 11 is 0. The number of carbonyl (C=O) groups is 2. The first kappa shape index (κ1) is 19.8. The average Bonchev–Trinajstić information content (AvgIpc) is 3.27. The van der Waals surface area contributed by atoms with Gasteiger partial charge in [-0.3, -0.25) is 14.8 Å². The number of nitrogens with two attached hydrogens (primary N) is 1. The van der Waals surface area contributed by atoms with E-state index >= 15 is 0 Å². The zero-order valence-corrected chi connectivity index (χ0v) is 16.2. The number of anilines is 1. The lowest BCUT2D eigenvalue weighted by atomic mass is 9.87. The molecule has 30 heavy (non-hydrogen) atoms. The molecule has 3 heterocycles. The quantitative estimate of drug-likeness (QED) is 0.306. The van der Waals surface area contributed by atoms with E-state index in [1.807, 2.05) is 12.3 Å². The van der Waals surface area contributed by atoms with Gasteiger partial charge < -0.3 is 20.9 Å². The van der Waals surface area contributed by atoms with Gasteiger partial charge in [0, 0.05) is 19.3 Å². The number of amides is 2. The van der Waals surface area contributed by atoms with Gasteiger partial charge in [-0.2, -0.15) is 0 Å². The predicted molar refractivity (Wildman–Crippen MR) is 110 cm³/mol. The number of hydrogen-bond acceptors (Lipinski definition) is 7. The molecule has 2 amide bonds. The molecule has 1 unspecified atom stereocenters. The molecule has 0 bridgehead atoms. The molecule has 0 aliphatic carbocycles. The van der Waals surface area contributed by atoms with Crippen LogP contribution < -0.4 is 21.4 Å². The summed E-state index contributed by atoms with van der Waals surface area (Å²) in [5.74, 6) is -0.369. The summed E-state index contributed by atoms with van der Waals surface area (Å²) in [4.78, 5) is 38.8. The molecule has 6 N–H and O–H groups in total. The number of H-pyrrole nitrogens is 1. The highest BCUT2D eigenvalue weighted by Crippen LogP contribution is 2.28. The Balaban J connectivity index is 1.47. The zero-order valence-electron chi connectivity index (χ0n) is 16.2. The van der Waals surface area contributed by atoms with Gasteiger partial charge in [0.25, 0.3) is 5.91 Å². The van der Waals surface area contributed by atoms with Crippen molar-refractivity contribution in [1.29, 1.82) is 0 Å². The van der Waals surface area contributed by atoms with E-state index in [9.17, 15) is 9.59 Å². The standard InChI is InChI=1S/C20H23N7O3/c21-20(19(29)25-15(18(28)26-30)13-4-2-1-3-5-13)7-10-27(11-8-20)17-14-6-9-22-16(14)23-12-24-17/h1-6,9,12,15,30H,7-8,10-11,21H2,(H,25,29)(H,26,28)(H,22,23,24).